The Hall–Kier alpha value is -3.18. The van der Waals surface area contributed by atoms with E-state index in [0.717, 1.165) is 32.4 Å². The maximum absolute atomic E-state index is 6.12. The number of nitrogens with zero attached hydrogens (tertiary/aromatic N) is 1. The van der Waals surface area contributed by atoms with Gasteiger partial charge >= 0.3 is 0 Å². The summed E-state index contributed by atoms with van der Waals surface area (Å²) in [6, 6.07) is 13.6. The average Bonchev–Trinajstić information content (AvgIpc) is 2.93. The lowest BCUT2D eigenvalue weighted by Gasteiger charge is -2.21. The molecule has 5 heteroatoms. The molecule has 198 valence electrons. The zero-order valence-corrected chi connectivity index (χ0v) is 23.3. The van der Waals surface area contributed by atoms with Gasteiger partial charge in [-0.15, -0.1) is 0 Å². The highest BCUT2D eigenvalue weighted by Gasteiger charge is 2.26. The van der Waals surface area contributed by atoms with E-state index in [1.807, 2.05) is 0 Å². The Kier molecular flexibility index (Phi) is 7.20. The number of anilines is 2. The third-order valence-electron chi connectivity index (χ3n) is 8.52. The molecule has 2 aliphatic carbocycles. The van der Waals surface area contributed by atoms with Gasteiger partial charge in [0.25, 0.3) is 0 Å². The Balaban J connectivity index is 1.11. The molecule has 0 amide bonds. The zero-order valence-electron chi connectivity index (χ0n) is 23.3. The van der Waals surface area contributed by atoms with Crippen LogP contribution in [0.2, 0.25) is 0 Å². The fourth-order valence-corrected chi connectivity index (χ4v) is 6.60. The monoisotopic (exact) mass is 510 g/mol. The molecule has 0 saturated carbocycles. The molecule has 2 aliphatic rings. The second-order valence-electron chi connectivity index (χ2n) is 11.3. The fraction of sp³-hybridized carbons (Fsp3) is 0.455. The van der Waals surface area contributed by atoms with Gasteiger partial charge in [0.05, 0.1) is 35.4 Å². The molecule has 2 aromatic heterocycles. The minimum Gasteiger partial charge on any atom is -0.382 e. The fourth-order valence-electron chi connectivity index (χ4n) is 6.60. The van der Waals surface area contributed by atoms with Gasteiger partial charge in [-0.2, -0.15) is 4.57 Å². The van der Waals surface area contributed by atoms with Crippen LogP contribution in [-0.4, -0.2) is 26.3 Å². The summed E-state index contributed by atoms with van der Waals surface area (Å²) in [7, 11) is 2.23. The van der Waals surface area contributed by atoms with Gasteiger partial charge in [0.15, 0.2) is 11.4 Å². The second-order valence-corrected chi connectivity index (χ2v) is 11.3. The summed E-state index contributed by atoms with van der Waals surface area (Å²) in [5.41, 5.74) is 13.7. The van der Waals surface area contributed by atoms with Gasteiger partial charge < -0.3 is 15.4 Å². The smallest absolute Gasteiger partial charge is 0.214 e. The van der Waals surface area contributed by atoms with Crippen LogP contribution >= 0.6 is 0 Å². The first-order valence-corrected chi connectivity index (χ1v) is 14.6. The van der Waals surface area contributed by atoms with Crippen molar-refractivity contribution in [2.24, 2.45) is 7.05 Å². The summed E-state index contributed by atoms with van der Waals surface area (Å²) in [5, 5.41) is 10.2. The Morgan fingerprint density at radius 2 is 1.39 bits per heavy atom. The van der Waals surface area contributed by atoms with Crippen LogP contribution in [0, 0.1) is 13.8 Å². The van der Waals surface area contributed by atoms with Crippen LogP contribution in [0.25, 0.3) is 21.8 Å². The van der Waals surface area contributed by atoms with E-state index in [9.17, 15) is 0 Å². The van der Waals surface area contributed by atoms with E-state index in [1.54, 1.807) is 0 Å². The Morgan fingerprint density at radius 1 is 0.763 bits per heavy atom. The highest BCUT2D eigenvalue weighted by Crippen LogP contribution is 2.33. The van der Waals surface area contributed by atoms with Gasteiger partial charge in [-0.25, -0.2) is 4.98 Å². The number of rotatable bonds is 8. The maximum Gasteiger partial charge on any atom is 0.214 e. The molecule has 5 nitrogen and oxygen atoms in total. The molecule has 0 aliphatic heterocycles. The number of ether oxygens (including phenoxy) is 1. The molecular weight excluding hydrogens is 468 g/mol. The van der Waals surface area contributed by atoms with Crippen molar-refractivity contribution in [2.45, 2.75) is 65.2 Å². The van der Waals surface area contributed by atoms with Gasteiger partial charge in [0, 0.05) is 49.2 Å². The van der Waals surface area contributed by atoms with Gasteiger partial charge in [-0.3, -0.25) is 0 Å². The molecule has 0 fully saturated rings. The van der Waals surface area contributed by atoms with Crippen LogP contribution in [0.3, 0.4) is 0 Å². The average molecular weight is 511 g/mol. The summed E-state index contributed by atoms with van der Waals surface area (Å²) >= 11 is 0. The zero-order chi connectivity index (χ0) is 26.1. The summed E-state index contributed by atoms with van der Waals surface area (Å²) in [6.45, 7) is 7.40. The van der Waals surface area contributed by atoms with E-state index in [4.69, 9.17) is 4.74 Å². The summed E-state index contributed by atoms with van der Waals surface area (Å²) in [6.07, 6.45) is 9.72. The molecule has 0 unspecified atom stereocenters. The Labute approximate surface area is 226 Å². The van der Waals surface area contributed by atoms with E-state index < -0.39 is 0 Å². The number of benzene rings is 2. The first kappa shape index (κ1) is 25.1. The number of aromatic nitrogens is 2. The molecule has 38 heavy (non-hydrogen) atoms. The number of nitrogens with one attached hydrogen (secondary N) is 3. The van der Waals surface area contributed by atoms with Crippen LogP contribution in [0.4, 0.5) is 11.4 Å². The molecule has 3 N–H and O–H groups in total. The van der Waals surface area contributed by atoms with Crippen molar-refractivity contribution < 1.29 is 14.3 Å². The third-order valence-corrected chi connectivity index (χ3v) is 8.52. The first-order chi connectivity index (χ1) is 18.6. The summed E-state index contributed by atoms with van der Waals surface area (Å²) < 4.78 is 8.54. The standard InChI is InChI=1S/C33H40N4O/c1-22-12-14-29-26(20-22)32(24-8-4-6-10-28(24)36-29)34-16-18-38-19-17-35-33-25-9-5-7-11-30(25)37(3)31-15-13-23(2)21-27(31)33/h12-15,20-21H,4-11,16-19H2,1-3H3,(H,34,36)/p+2. The Bertz CT molecular complexity index is 1490. The number of hydrogen-bond donors (Lipinski definition) is 2. The number of pyridine rings is 2. The molecule has 0 bridgehead atoms. The van der Waals surface area contributed by atoms with E-state index in [-0.39, 0.29) is 0 Å². The van der Waals surface area contributed by atoms with Crippen molar-refractivity contribution in [3.05, 3.63) is 70.0 Å². The lowest BCUT2D eigenvalue weighted by Crippen LogP contribution is -2.38. The topological polar surface area (TPSA) is 51.3 Å². The van der Waals surface area contributed by atoms with Gasteiger partial charge in [0.1, 0.15) is 7.05 Å². The molecule has 6 rings (SSSR count). The van der Waals surface area contributed by atoms with Crippen molar-refractivity contribution in [3.63, 3.8) is 0 Å². The highest BCUT2D eigenvalue weighted by molar-refractivity contribution is 5.92. The summed E-state index contributed by atoms with van der Waals surface area (Å²) in [5.74, 6) is 0. The molecular formula is C33H42N4O+2. The lowest BCUT2D eigenvalue weighted by molar-refractivity contribution is -0.653. The molecule has 0 radical (unpaired) electrons. The van der Waals surface area contributed by atoms with Gasteiger partial charge in [-0.05, 0) is 75.6 Å². The maximum atomic E-state index is 6.12. The third kappa shape index (κ3) is 4.84. The van der Waals surface area contributed by atoms with Crippen molar-refractivity contribution in [3.8, 4) is 0 Å². The predicted molar refractivity (Wildman–Crippen MR) is 156 cm³/mol. The number of hydrogen-bond acceptors (Lipinski definition) is 3. The van der Waals surface area contributed by atoms with Crippen molar-refractivity contribution in [1.82, 2.24) is 0 Å². The number of fused-ring (bicyclic) bond motifs is 4. The molecule has 4 aromatic rings. The minimum absolute atomic E-state index is 0.698. The molecule has 0 saturated heterocycles. The Morgan fingerprint density at radius 3 is 2.18 bits per heavy atom. The normalized spacial score (nSPS) is 14.9. The van der Waals surface area contributed by atoms with Crippen molar-refractivity contribution >= 4 is 33.2 Å². The number of H-pyrrole nitrogens is 1. The largest absolute Gasteiger partial charge is 0.382 e. The summed E-state index contributed by atoms with van der Waals surface area (Å²) in [4.78, 5) is 3.71. The quantitative estimate of drug-likeness (QED) is 0.242. The lowest BCUT2D eigenvalue weighted by atomic mass is 9.91. The van der Waals surface area contributed by atoms with E-state index >= 15 is 0 Å². The number of aryl methyl sites for hydroxylation is 4. The molecule has 2 heterocycles. The highest BCUT2D eigenvalue weighted by atomic mass is 16.5. The molecule has 0 atom stereocenters. The van der Waals surface area contributed by atoms with E-state index in [2.05, 4.69) is 77.5 Å². The second kappa shape index (κ2) is 10.9. The number of aromatic amines is 1. The SMILES string of the molecule is Cc1ccc2[nH+]c3c(c(NCCOCCNc4c5c([n+](C)c6ccc(C)cc46)CCCC5)c2c1)CCCC3. The first-order valence-electron chi connectivity index (χ1n) is 14.6. The predicted octanol–water partition coefficient (Wildman–Crippen LogP) is 5.55. The molecule has 0 spiro atoms. The van der Waals surface area contributed by atoms with Crippen molar-refractivity contribution in [1.29, 1.82) is 0 Å². The minimum atomic E-state index is 0.698. The van der Waals surface area contributed by atoms with Crippen LogP contribution in [0.5, 0.6) is 0 Å². The van der Waals surface area contributed by atoms with Gasteiger partial charge in [0.2, 0.25) is 11.0 Å². The van der Waals surface area contributed by atoms with Crippen LogP contribution in [0.1, 0.15) is 59.3 Å². The van der Waals surface area contributed by atoms with Crippen LogP contribution in [0.15, 0.2) is 36.4 Å². The van der Waals surface area contributed by atoms with Gasteiger partial charge in [-0.1, -0.05) is 12.1 Å². The molecule has 2 aromatic carbocycles. The van der Waals surface area contributed by atoms with Crippen molar-refractivity contribution in [2.75, 3.05) is 36.9 Å². The van der Waals surface area contributed by atoms with Crippen LogP contribution < -0.4 is 20.2 Å². The van der Waals surface area contributed by atoms with E-state index in [1.165, 1.54) is 98.9 Å². The van der Waals surface area contributed by atoms with Crippen LogP contribution in [-0.2, 0) is 37.5 Å². The van der Waals surface area contributed by atoms with E-state index in [0.29, 0.717) is 13.2 Å².